The maximum Gasteiger partial charge on any atom is 0.0677 e. The van der Waals surface area contributed by atoms with Crippen molar-refractivity contribution in [2.75, 3.05) is 4.90 Å². The maximum absolute atomic E-state index is 9.64. The van der Waals surface area contributed by atoms with E-state index in [1.54, 1.807) is 0 Å². The highest BCUT2D eigenvalue weighted by atomic mass is 15.2. The molecule has 0 N–H and O–H groups in total. The molecule has 2 unspecified atom stereocenters. The number of hydrogen-bond donors (Lipinski definition) is 0. The van der Waals surface area contributed by atoms with Gasteiger partial charge in [-0.3, -0.25) is 0 Å². The van der Waals surface area contributed by atoms with E-state index in [9.17, 15) is 5.26 Å². The van der Waals surface area contributed by atoms with Gasteiger partial charge in [0.25, 0.3) is 0 Å². The van der Waals surface area contributed by atoms with E-state index in [0.717, 1.165) is 12.8 Å². The topological polar surface area (TPSA) is 27.0 Å². The van der Waals surface area contributed by atoms with Gasteiger partial charge in [0.1, 0.15) is 0 Å². The molecular formula is C21H24N2. The van der Waals surface area contributed by atoms with Gasteiger partial charge < -0.3 is 4.90 Å². The van der Waals surface area contributed by atoms with Crippen LogP contribution in [0.15, 0.2) is 48.5 Å². The van der Waals surface area contributed by atoms with E-state index in [1.165, 1.54) is 35.3 Å². The summed E-state index contributed by atoms with van der Waals surface area (Å²) in [6.07, 6.45) is 4.47. The van der Waals surface area contributed by atoms with Gasteiger partial charge in [0.2, 0.25) is 0 Å². The predicted molar refractivity (Wildman–Crippen MR) is 95.9 cm³/mol. The Hall–Kier alpha value is -2.27. The van der Waals surface area contributed by atoms with E-state index < -0.39 is 0 Å². The van der Waals surface area contributed by atoms with Crippen molar-refractivity contribution in [3.05, 3.63) is 59.7 Å². The summed E-state index contributed by atoms with van der Waals surface area (Å²) in [6, 6.07) is 20.0. The Labute approximate surface area is 139 Å². The lowest BCUT2D eigenvalue weighted by atomic mass is 9.83. The van der Waals surface area contributed by atoms with E-state index >= 15 is 0 Å². The van der Waals surface area contributed by atoms with E-state index in [-0.39, 0.29) is 12.0 Å². The first kappa shape index (κ1) is 15.6. The summed E-state index contributed by atoms with van der Waals surface area (Å²) < 4.78 is 0. The smallest absolute Gasteiger partial charge is 0.0677 e. The molecule has 0 amide bonds. The van der Waals surface area contributed by atoms with E-state index in [4.69, 9.17) is 0 Å². The minimum atomic E-state index is 0.102. The molecule has 0 aromatic heterocycles. The number of nitriles is 1. The lowest BCUT2D eigenvalue weighted by molar-refractivity contribution is 0.365. The van der Waals surface area contributed by atoms with Crippen LogP contribution in [0.3, 0.4) is 0 Å². The molecule has 0 bridgehead atoms. The molecule has 23 heavy (non-hydrogen) atoms. The fourth-order valence-corrected chi connectivity index (χ4v) is 3.74. The van der Waals surface area contributed by atoms with Gasteiger partial charge >= 0.3 is 0 Å². The van der Waals surface area contributed by atoms with Crippen LogP contribution in [0.5, 0.6) is 0 Å². The van der Waals surface area contributed by atoms with Crippen LogP contribution < -0.4 is 4.90 Å². The van der Waals surface area contributed by atoms with Crippen LogP contribution in [0.25, 0.3) is 0 Å². The van der Waals surface area contributed by atoms with Gasteiger partial charge in [-0.1, -0.05) is 48.7 Å². The Bertz CT molecular complexity index is 700. The lowest BCUT2D eigenvalue weighted by Gasteiger charge is -2.39. The second-order valence-electron chi connectivity index (χ2n) is 6.58. The van der Waals surface area contributed by atoms with Crippen LogP contribution in [0.1, 0.15) is 36.8 Å². The molecule has 2 aromatic rings. The third-order valence-electron chi connectivity index (χ3n) is 4.87. The first-order chi connectivity index (χ1) is 11.2. The number of aryl methyl sites for hydroxylation is 2. The highest BCUT2D eigenvalue weighted by Gasteiger charge is 2.32. The van der Waals surface area contributed by atoms with Crippen molar-refractivity contribution in [3.63, 3.8) is 0 Å². The molecule has 118 valence electrons. The first-order valence-electron chi connectivity index (χ1n) is 8.52. The van der Waals surface area contributed by atoms with Crippen LogP contribution in [0.4, 0.5) is 11.4 Å². The van der Waals surface area contributed by atoms with E-state index in [1.807, 2.05) is 6.07 Å². The predicted octanol–water partition coefficient (Wildman–Crippen LogP) is 5.52. The molecule has 1 aliphatic carbocycles. The van der Waals surface area contributed by atoms with E-state index in [0.29, 0.717) is 0 Å². The standard InChI is InChI=1S/C21H24N2/c1-16-12-13-20(17(2)14-16)23(19-9-4-3-5-10-19)21-11-7-6-8-18(21)15-22/h3-5,9-10,12-14,18,21H,6-8,11H2,1-2H3. The van der Waals surface area contributed by atoms with Crippen molar-refractivity contribution in [2.24, 2.45) is 5.92 Å². The van der Waals surface area contributed by atoms with Crippen molar-refractivity contribution in [2.45, 2.75) is 45.6 Å². The van der Waals surface area contributed by atoms with Gasteiger partial charge in [-0.25, -0.2) is 0 Å². The normalized spacial score (nSPS) is 20.7. The second kappa shape index (κ2) is 6.87. The van der Waals surface area contributed by atoms with Crippen molar-refractivity contribution >= 4 is 11.4 Å². The summed E-state index contributed by atoms with van der Waals surface area (Å²) in [6.45, 7) is 4.30. The molecule has 0 saturated heterocycles. The van der Waals surface area contributed by atoms with Gasteiger partial charge in [-0.05, 0) is 50.5 Å². The van der Waals surface area contributed by atoms with Crippen LogP contribution in [-0.2, 0) is 0 Å². The maximum atomic E-state index is 9.64. The van der Waals surface area contributed by atoms with Gasteiger partial charge in [0.05, 0.1) is 18.0 Å². The van der Waals surface area contributed by atoms with Crippen molar-refractivity contribution in [1.82, 2.24) is 0 Å². The summed E-state index contributed by atoms with van der Waals surface area (Å²) in [7, 11) is 0. The number of rotatable bonds is 3. The third-order valence-corrected chi connectivity index (χ3v) is 4.87. The monoisotopic (exact) mass is 304 g/mol. The van der Waals surface area contributed by atoms with Gasteiger partial charge in [-0.2, -0.15) is 5.26 Å². The number of hydrogen-bond acceptors (Lipinski definition) is 2. The molecule has 2 atom stereocenters. The molecule has 2 nitrogen and oxygen atoms in total. The third kappa shape index (κ3) is 3.24. The molecular weight excluding hydrogens is 280 g/mol. The second-order valence-corrected chi connectivity index (χ2v) is 6.58. The Morgan fingerprint density at radius 2 is 1.74 bits per heavy atom. The summed E-state index contributed by atoms with van der Waals surface area (Å²) in [5, 5.41) is 9.64. The minimum Gasteiger partial charge on any atom is -0.337 e. The molecule has 2 heteroatoms. The largest absolute Gasteiger partial charge is 0.337 e. The van der Waals surface area contributed by atoms with Gasteiger partial charge in [0.15, 0.2) is 0 Å². The molecule has 2 aromatic carbocycles. The van der Waals surface area contributed by atoms with E-state index in [2.05, 4.69) is 67.3 Å². The molecule has 0 aliphatic heterocycles. The summed E-state index contributed by atoms with van der Waals surface area (Å²) in [5.74, 6) is 0.102. The van der Waals surface area contributed by atoms with Crippen LogP contribution >= 0.6 is 0 Å². The molecule has 1 fully saturated rings. The Morgan fingerprint density at radius 3 is 2.43 bits per heavy atom. The first-order valence-corrected chi connectivity index (χ1v) is 8.52. The Balaban J connectivity index is 2.09. The molecule has 0 heterocycles. The average Bonchev–Trinajstić information content (AvgIpc) is 2.58. The fraction of sp³-hybridized carbons (Fsp3) is 0.381. The minimum absolute atomic E-state index is 0.102. The van der Waals surface area contributed by atoms with Crippen LogP contribution in [0, 0.1) is 31.1 Å². The molecule has 0 radical (unpaired) electrons. The highest BCUT2D eigenvalue weighted by molar-refractivity contribution is 5.68. The van der Waals surface area contributed by atoms with Gasteiger partial charge in [0, 0.05) is 11.4 Å². The summed E-state index contributed by atoms with van der Waals surface area (Å²) in [5.41, 5.74) is 4.97. The average molecular weight is 304 g/mol. The van der Waals surface area contributed by atoms with Crippen LogP contribution in [-0.4, -0.2) is 6.04 Å². The Morgan fingerprint density at radius 1 is 1.00 bits per heavy atom. The van der Waals surface area contributed by atoms with Crippen molar-refractivity contribution in [3.8, 4) is 6.07 Å². The van der Waals surface area contributed by atoms with Crippen LogP contribution in [0.2, 0.25) is 0 Å². The number of nitrogens with zero attached hydrogens (tertiary/aromatic N) is 2. The molecule has 3 rings (SSSR count). The fourth-order valence-electron chi connectivity index (χ4n) is 3.74. The number of benzene rings is 2. The summed E-state index contributed by atoms with van der Waals surface area (Å²) in [4.78, 5) is 2.40. The lowest BCUT2D eigenvalue weighted by Crippen LogP contribution is -2.39. The molecule has 0 spiro atoms. The molecule has 1 saturated carbocycles. The SMILES string of the molecule is Cc1ccc(N(c2ccccc2)C2CCCCC2C#N)c(C)c1. The highest BCUT2D eigenvalue weighted by Crippen LogP contribution is 2.38. The molecule has 1 aliphatic rings. The zero-order valence-corrected chi connectivity index (χ0v) is 14.0. The van der Waals surface area contributed by atoms with Gasteiger partial charge in [-0.15, -0.1) is 0 Å². The zero-order chi connectivity index (χ0) is 16.2. The van der Waals surface area contributed by atoms with Crippen molar-refractivity contribution in [1.29, 1.82) is 5.26 Å². The summed E-state index contributed by atoms with van der Waals surface area (Å²) >= 11 is 0. The van der Waals surface area contributed by atoms with Crippen molar-refractivity contribution < 1.29 is 0 Å². The number of para-hydroxylation sites is 1. The Kier molecular flexibility index (Phi) is 4.67. The number of anilines is 2. The quantitative estimate of drug-likeness (QED) is 0.746. The zero-order valence-electron chi connectivity index (χ0n) is 14.0.